The molecule has 6 heteroatoms. The summed E-state index contributed by atoms with van der Waals surface area (Å²) in [6.07, 6.45) is 3.22. The van der Waals surface area contributed by atoms with E-state index in [9.17, 15) is 4.39 Å². The summed E-state index contributed by atoms with van der Waals surface area (Å²) in [7, 11) is 1.79. The van der Waals surface area contributed by atoms with Crippen molar-refractivity contribution in [3.8, 4) is 11.3 Å². The van der Waals surface area contributed by atoms with Gasteiger partial charge in [-0.3, -0.25) is 4.98 Å². The van der Waals surface area contributed by atoms with Gasteiger partial charge in [-0.05, 0) is 42.5 Å². The highest BCUT2D eigenvalue weighted by Crippen LogP contribution is 2.36. The first-order valence-electron chi connectivity index (χ1n) is 8.40. The minimum Gasteiger partial charge on any atom is -0.388 e. The van der Waals surface area contributed by atoms with Gasteiger partial charge in [0.15, 0.2) is 5.82 Å². The Morgan fingerprint density at radius 2 is 1.67 bits per heavy atom. The van der Waals surface area contributed by atoms with E-state index < -0.39 is 11.6 Å². The lowest BCUT2D eigenvalue weighted by Crippen LogP contribution is -2.02. The van der Waals surface area contributed by atoms with Gasteiger partial charge in [-0.1, -0.05) is 12.1 Å². The fraction of sp³-hybridized carbons (Fsp3) is 0.0476. The van der Waals surface area contributed by atoms with Crippen LogP contribution < -0.4 is 10.6 Å². The van der Waals surface area contributed by atoms with Crippen LogP contribution in [0.2, 0.25) is 0 Å². The van der Waals surface area contributed by atoms with E-state index in [0.717, 1.165) is 5.69 Å². The predicted octanol–water partition coefficient (Wildman–Crippen LogP) is 5.36. The van der Waals surface area contributed by atoms with Gasteiger partial charge in [0, 0.05) is 41.8 Å². The zero-order chi connectivity index (χ0) is 18.8. The Labute approximate surface area is 154 Å². The molecule has 4 rings (SSSR count). The molecule has 0 fully saturated rings. The van der Waals surface area contributed by atoms with Gasteiger partial charge in [-0.15, -0.1) is 0 Å². The first-order valence-corrected chi connectivity index (χ1v) is 8.40. The first kappa shape index (κ1) is 16.9. The largest absolute Gasteiger partial charge is 0.388 e. The molecule has 0 saturated heterocycles. The van der Waals surface area contributed by atoms with E-state index in [4.69, 9.17) is 0 Å². The van der Waals surface area contributed by atoms with Gasteiger partial charge in [-0.25, -0.2) is 13.8 Å². The van der Waals surface area contributed by atoms with Crippen molar-refractivity contribution in [2.75, 3.05) is 17.7 Å². The van der Waals surface area contributed by atoms with E-state index in [1.165, 1.54) is 12.1 Å². The lowest BCUT2D eigenvalue weighted by molar-refractivity contribution is 0.615. The number of nitrogens with one attached hydrogen (secondary N) is 2. The van der Waals surface area contributed by atoms with Crippen LogP contribution in [-0.2, 0) is 0 Å². The molecule has 0 bridgehead atoms. The Morgan fingerprint density at radius 1 is 0.889 bits per heavy atom. The molecule has 0 saturated carbocycles. The van der Waals surface area contributed by atoms with Crippen LogP contribution in [0.4, 0.5) is 25.8 Å². The fourth-order valence-corrected chi connectivity index (χ4v) is 2.93. The molecule has 4 aromatic rings. The highest BCUT2D eigenvalue weighted by atomic mass is 19.1. The number of pyridine rings is 2. The monoisotopic (exact) mass is 362 g/mol. The molecule has 4 nitrogen and oxygen atoms in total. The van der Waals surface area contributed by atoms with E-state index in [0.29, 0.717) is 16.6 Å². The smallest absolute Gasteiger partial charge is 0.173 e. The third kappa shape index (κ3) is 3.17. The molecule has 2 heterocycles. The Balaban J connectivity index is 1.99. The standard InChI is InChI=1S/C21H16F2N4/c1-24-14-6-7-18-16(12-14)21(26-13-8-10-25-11-9-13)19(23)20(27-18)15-4-2-3-5-17(15)22/h2-12,24H,1H3,(H,25,26,27). The second kappa shape index (κ2) is 6.99. The second-order valence-electron chi connectivity index (χ2n) is 5.97. The Hall–Kier alpha value is -3.54. The van der Waals surface area contributed by atoms with Gasteiger partial charge in [0.25, 0.3) is 0 Å². The minimum atomic E-state index is -0.613. The summed E-state index contributed by atoms with van der Waals surface area (Å²) < 4.78 is 29.7. The zero-order valence-corrected chi connectivity index (χ0v) is 14.5. The van der Waals surface area contributed by atoms with E-state index in [-0.39, 0.29) is 16.9 Å². The number of aromatic nitrogens is 2. The third-order valence-corrected chi connectivity index (χ3v) is 4.29. The minimum absolute atomic E-state index is 0.0330. The van der Waals surface area contributed by atoms with Gasteiger partial charge < -0.3 is 10.6 Å². The second-order valence-corrected chi connectivity index (χ2v) is 5.97. The molecule has 0 aliphatic rings. The number of hydrogen-bond acceptors (Lipinski definition) is 4. The average molecular weight is 362 g/mol. The number of benzene rings is 2. The van der Waals surface area contributed by atoms with Crippen molar-refractivity contribution in [1.82, 2.24) is 9.97 Å². The number of rotatable bonds is 4. The average Bonchev–Trinajstić information content (AvgIpc) is 2.71. The van der Waals surface area contributed by atoms with Crippen molar-refractivity contribution in [3.05, 3.63) is 78.6 Å². The van der Waals surface area contributed by atoms with Crippen LogP contribution in [0.25, 0.3) is 22.2 Å². The quantitative estimate of drug-likeness (QED) is 0.513. The molecule has 0 spiro atoms. The SMILES string of the molecule is CNc1ccc2nc(-c3ccccc3F)c(F)c(Nc3ccncc3)c2c1. The molecule has 2 N–H and O–H groups in total. The molecular weight excluding hydrogens is 346 g/mol. The number of fused-ring (bicyclic) bond motifs is 1. The topological polar surface area (TPSA) is 49.8 Å². The highest BCUT2D eigenvalue weighted by Gasteiger charge is 2.19. The molecule has 0 aliphatic carbocycles. The van der Waals surface area contributed by atoms with E-state index >= 15 is 4.39 Å². The summed E-state index contributed by atoms with van der Waals surface area (Å²) >= 11 is 0. The van der Waals surface area contributed by atoms with Gasteiger partial charge in [0.1, 0.15) is 11.5 Å². The predicted molar refractivity (Wildman–Crippen MR) is 104 cm³/mol. The van der Waals surface area contributed by atoms with Crippen LogP contribution in [0.3, 0.4) is 0 Å². The van der Waals surface area contributed by atoms with Crippen LogP contribution in [0.15, 0.2) is 67.0 Å². The first-order chi connectivity index (χ1) is 13.2. The summed E-state index contributed by atoms with van der Waals surface area (Å²) in [5.74, 6) is -1.14. The van der Waals surface area contributed by atoms with Gasteiger partial charge in [0.2, 0.25) is 0 Å². The summed E-state index contributed by atoms with van der Waals surface area (Å²) in [4.78, 5) is 8.36. The summed E-state index contributed by atoms with van der Waals surface area (Å²) in [5.41, 5.74) is 2.37. The summed E-state index contributed by atoms with van der Waals surface area (Å²) in [6, 6.07) is 14.9. The number of anilines is 3. The van der Waals surface area contributed by atoms with Crippen molar-refractivity contribution in [2.45, 2.75) is 0 Å². The molecule has 2 aromatic carbocycles. The van der Waals surface area contributed by atoms with E-state index in [1.54, 1.807) is 55.8 Å². The summed E-state index contributed by atoms with van der Waals surface area (Å²) in [6.45, 7) is 0. The van der Waals surface area contributed by atoms with E-state index in [2.05, 4.69) is 20.6 Å². The van der Waals surface area contributed by atoms with Crippen LogP contribution in [-0.4, -0.2) is 17.0 Å². The lowest BCUT2D eigenvalue weighted by Gasteiger charge is -2.15. The van der Waals surface area contributed by atoms with Crippen molar-refractivity contribution in [3.63, 3.8) is 0 Å². The van der Waals surface area contributed by atoms with Crippen LogP contribution >= 0.6 is 0 Å². The molecule has 2 aromatic heterocycles. The van der Waals surface area contributed by atoms with Crippen molar-refractivity contribution >= 4 is 28.0 Å². The van der Waals surface area contributed by atoms with Gasteiger partial charge >= 0.3 is 0 Å². The fourth-order valence-electron chi connectivity index (χ4n) is 2.93. The molecule has 0 radical (unpaired) electrons. The number of hydrogen-bond donors (Lipinski definition) is 2. The lowest BCUT2D eigenvalue weighted by atomic mass is 10.1. The molecule has 0 atom stereocenters. The molecule has 0 aliphatic heterocycles. The maximum absolute atomic E-state index is 15.5. The summed E-state index contributed by atoms with van der Waals surface area (Å²) in [5, 5.41) is 6.72. The molecular formula is C21H16F2N4. The third-order valence-electron chi connectivity index (χ3n) is 4.29. The maximum atomic E-state index is 15.5. The van der Waals surface area contributed by atoms with Crippen LogP contribution in [0.5, 0.6) is 0 Å². The Kier molecular flexibility index (Phi) is 4.38. The maximum Gasteiger partial charge on any atom is 0.173 e. The molecule has 27 heavy (non-hydrogen) atoms. The Morgan fingerprint density at radius 3 is 2.41 bits per heavy atom. The number of nitrogens with zero attached hydrogens (tertiary/aromatic N) is 2. The molecule has 134 valence electrons. The Bertz CT molecular complexity index is 1110. The normalized spacial score (nSPS) is 10.8. The van der Waals surface area contributed by atoms with Gasteiger partial charge in [0.05, 0.1) is 11.2 Å². The number of halogens is 2. The van der Waals surface area contributed by atoms with Crippen molar-refractivity contribution in [2.24, 2.45) is 0 Å². The van der Waals surface area contributed by atoms with Gasteiger partial charge in [-0.2, -0.15) is 0 Å². The van der Waals surface area contributed by atoms with Crippen LogP contribution in [0, 0.1) is 11.6 Å². The van der Waals surface area contributed by atoms with Crippen LogP contribution in [0.1, 0.15) is 0 Å². The molecule has 0 unspecified atom stereocenters. The van der Waals surface area contributed by atoms with Crippen molar-refractivity contribution in [1.29, 1.82) is 0 Å². The molecule has 0 amide bonds. The zero-order valence-electron chi connectivity index (χ0n) is 14.5. The highest BCUT2D eigenvalue weighted by molar-refractivity contribution is 5.97. The van der Waals surface area contributed by atoms with E-state index in [1.807, 2.05) is 6.07 Å². The van der Waals surface area contributed by atoms with Crippen molar-refractivity contribution < 1.29 is 8.78 Å².